The van der Waals surface area contributed by atoms with E-state index in [0.717, 1.165) is 61.3 Å². The van der Waals surface area contributed by atoms with Gasteiger partial charge in [0.25, 0.3) is 0 Å². The molecule has 7 aromatic carbocycles. The van der Waals surface area contributed by atoms with Crippen LogP contribution in [0, 0.1) is 23.7 Å². The quantitative estimate of drug-likeness (QED) is 0.144. The number of fused-ring (bicyclic) bond motifs is 1. The van der Waals surface area contributed by atoms with E-state index in [2.05, 4.69) is 158 Å². The molecule has 1 aromatic heterocycles. The summed E-state index contributed by atoms with van der Waals surface area (Å²) in [5.74, 6) is 4.95. The molecule has 0 amide bonds. The van der Waals surface area contributed by atoms with E-state index in [4.69, 9.17) is 15.0 Å². The number of hydrogen-bond acceptors (Lipinski definition) is 4. The zero-order valence-electron chi connectivity index (χ0n) is 34.2. The van der Waals surface area contributed by atoms with Gasteiger partial charge in [0.05, 0.1) is 0 Å². The first-order chi connectivity index (χ1) is 29.3. The SMILES string of the molecule is CP(C)(=O)c1ccc(-c2ccc(C3(c4ccc(-c5nc(-c6cccc(-c7ccccc7)c6)nc(-c6cccc7ccccc67)n5)cc4)C4CC5CC(C4)CC3C5)cc2)cc1. The lowest BCUT2D eigenvalue weighted by Gasteiger charge is -2.62. The van der Waals surface area contributed by atoms with Crippen molar-refractivity contribution in [1.82, 2.24) is 15.0 Å². The van der Waals surface area contributed by atoms with Crippen LogP contribution >= 0.6 is 7.14 Å². The average Bonchev–Trinajstić information content (AvgIpc) is 3.29. The van der Waals surface area contributed by atoms with Crippen LogP contribution in [-0.4, -0.2) is 28.3 Å². The van der Waals surface area contributed by atoms with Crippen LogP contribution in [-0.2, 0) is 9.98 Å². The predicted octanol–water partition coefficient (Wildman–Crippen LogP) is 13.3. The molecule has 4 aliphatic rings. The van der Waals surface area contributed by atoms with Gasteiger partial charge in [-0.05, 0) is 119 Å². The van der Waals surface area contributed by atoms with Crippen LogP contribution in [0.25, 0.3) is 67.2 Å². The Morgan fingerprint density at radius 2 is 0.933 bits per heavy atom. The molecule has 4 saturated carbocycles. The van der Waals surface area contributed by atoms with E-state index < -0.39 is 7.14 Å². The molecule has 4 aliphatic carbocycles. The lowest BCUT2D eigenvalue weighted by Crippen LogP contribution is -2.56. The van der Waals surface area contributed by atoms with E-state index in [1.165, 1.54) is 48.8 Å². The molecule has 60 heavy (non-hydrogen) atoms. The van der Waals surface area contributed by atoms with E-state index in [-0.39, 0.29) is 5.41 Å². The first-order valence-electron chi connectivity index (χ1n) is 21.6. The Morgan fingerprint density at radius 3 is 1.58 bits per heavy atom. The fraction of sp³-hybridized carbons (Fsp3) is 0.218. The number of benzene rings is 7. The summed E-state index contributed by atoms with van der Waals surface area (Å²) in [4.78, 5) is 15.6. The Morgan fingerprint density at radius 1 is 0.450 bits per heavy atom. The minimum absolute atomic E-state index is 0.0400. The second-order valence-corrected chi connectivity index (χ2v) is 21.2. The Hall–Kier alpha value is -5.96. The van der Waals surface area contributed by atoms with E-state index in [1.807, 2.05) is 25.5 Å². The van der Waals surface area contributed by atoms with Crippen LogP contribution in [0.4, 0.5) is 0 Å². The van der Waals surface area contributed by atoms with Crippen molar-refractivity contribution in [1.29, 1.82) is 0 Å². The summed E-state index contributed by atoms with van der Waals surface area (Å²) in [6.45, 7) is 3.68. The summed E-state index contributed by atoms with van der Waals surface area (Å²) in [5.41, 5.74) is 10.4. The predicted molar refractivity (Wildman–Crippen MR) is 248 cm³/mol. The van der Waals surface area contributed by atoms with E-state index in [9.17, 15) is 4.57 Å². The molecule has 1 heterocycles. The Labute approximate surface area is 353 Å². The standard InChI is InChI=1S/C55H48N3OP/c1-60(2,59)49-28-22-40(23-29-49)39-18-24-45(25-19-39)55(47-31-36-30-37(33-47)34-48(55)32-36)46-26-20-42(21-27-46)52-56-53(44-15-8-14-43(35-44)38-10-4-3-5-11-38)58-54(57-52)51-17-9-13-41-12-6-7-16-50(41)51/h3-29,35-37,47-48H,30-34H2,1-2H3. The molecule has 0 atom stereocenters. The van der Waals surface area contributed by atoms with Gasteiger partial charge in [-0.15, -0.1) is 0 Å². The maximum Gasteiger partial charge on any atom is 0.164 e. The summed E-state index contributed by atoms with van der Waals surface area (Å²) >= 11 is 0. The van der Waals surface area contributed by atoms with Gasteiger partial charge in [0.15, 0.2) is 17.5 Å². The molecule has 0 saturated heterocycles. The Bertz CT molecular complexity index is 2880. The van der Waals surface area contributed by atoms with Crippen LogP contribution in [0.5, 0.6) is 0 Å². The number of aromatic nitrogens is 3. The lowest BCUT2D eigenvalue weighted by molar-refractivity contribution is -0.0418. The molecule has 4 nitrogen and oxygen atoms in total. The summed E-state index contributed by atoms with van der Waals surface area (Å²) in [6.07, 6.45) is 6.63. The molecule has 0 aliphatic heterocycles. The van der Waals surface area contributed by atoms with E-state index in [0.29, 0.717) is 29.3 Å². The van der Waals surface area contributed by atoms with Gasteiger partial charge in [-0.3, -0.25) is 0 Å². The van der Waals surface area contributed by atoms with Gasteiger partial charge in [0.2, 0.25) is 0 Å². The lowest BCUT2D eigenvalue weighted by atomic mass is 9.42. The number of hydrogen-bond donors (Lipinski definition) is 0. The fourth-order valence-electron chi connectivity index (χ4n) is 11.5. The summed E-state index contributed by atoms with van der Waals surface area (Å²) in [5, 5.41) is 3.20. The molecule has 0 spiro atoms. The number of rotatable bonds is 8. The van der Waals surface area contributed by atoms with Gasteiger partial charge >= 0.3 is 0 Å². The third-order valence-electron chi connectivity index (χ3n) is 14.1. The highest BCUT2D eigenvalue weighted by Gasteiger charge is 2.58. The van der Waals surface area contributed by atoms with Crippen molar-refractivity contribution >= 4 is 23.2 Å². The van der Waals surface area contributed by atoms with Crippen molar-refractivity contribution in [3.63, 3.8) is 0 Å². The summed E-state index contributed by atoms with van der Waals surface area (Å²) < 4.78 is 12.7. The first kappa shape index (κ1) is 37.1. The molecule has 0 radical (unpaired) electrons. The van der Waals surface area contributed by atoms with Crippen LogP contribution in [0.2, 0.25) is 0 Å². The van der Waals surface area contributed by atoms with Gasteiger partial charge in [0.1, 0.15) is 7.14 Å². The van der Waals surface area contributed by atoms with Gasteiger partial charge in [0, 0.05) is 27.4 Å². The normalized spacial score (nSPS) is 22.0. The molecule has 4 bridgehead atoms. The minimum atomic E-state index is -2.30. The second kappa shape index (κ2) is 14.6. The van der Waals surface area contributed by atoms with E-state index >= 15 is 0 Å². The van der Waals surface area contributed by atoms with Crippen molar-refractivity contribution in [2.45, 2.75) is 37.5 Å². The maximum absolute atomic E-state index is 12.7. The van der Waals surface area contributed by atoms with Gasteiger partial charge in [-0.25, -0.2) is 15.0 Å². The first-order valence-corrected chi connectivity index (χ1v) is 24.2. The molecule has 4 fully saturated rings. The average molecular weight is 798 g/mol. The molecule has 0 unspecified atom stereocenters. The third-order valence-corrected chi connectivity index (χ3v) is 15.7. The van der Waals surface area contributed by atoms with Crippen LogP contribution in [0.15, 0.2) is 170 Å². The zero-order valence-corrected chi connectivity index (χ0v) is 35.1. The van der Waals surface area contributed by atoms with Gasteiger partial charge in [-0.1, -0.05) is 164 Å². The third kappa shape index (κ3) is 6.44. The smallest absolute Gasteiger partial charge is 0.164 e. The topological polar surface area (TPSA) is 55.7 Å². The molecule has 0 N–H and O–H groups in total. The summed E-state index contributed by atoms with van der Waals surface area (Å²) in [7, 11) is -2.30. The van der Waals surface area contributed by atoms with Crippen molar-refractivity contribution in [3.05, 3.63) is 181 Å². The number of nitrogens with zero attached hydrogens (tertiary/aromatic N) is 3. The highest BCUT2D eigenvalue weighted by Crippen LogP contribution is 2.65. The molecule has 8 aromatic rings. The molecular weight excluding hydrogens is 750 g/mol. The van der Waals surface area contributed by atoms with Gasteiger partial charge in [-0.2, -0.15) is 0 Å². The second-order valence-electron chi connectivity index (χ2n) is 18.0. The van der Waals surface area contributed by atoms with Crippen molar-refractivity contribution < 1.29 is 4.57 Å². The zero-order chi connectivity index (χ0) is 40.4. The minimum Gasteiger partial charge on any atom is -0.319 e. The van der Waals surface area contributed by atoms with Crippen molar-refractivity contribution in [3.8, 4) is 56.4 Å². The molecular formula is C55H48N3OP. The van der Waals surface area contributed by atoms with Crippen molar-refractivity contribution in [2.24, 2.45) is 23.7 Å². The summed E-state index contributed by atoms with van der Waals surface area (Å²) in [6, 6.07) is 61.0. The van der Waals surface area contributed by atoms with Crippen LogP contribution in [0.1, 0.15) is 43.2 Å². The molecule has 12 rings (SSSR count). The Kier molecular flexibility index (Phi) is 9.05. The van der Waals surface area contributed by atoms with Crippen molar-refractivity contribution in [2.75, 3.05) is 13.3 Å². The van der Waals surface area contributed by atoms with Gasteiger partial charge < -0.3 is 4.57 Å². The van der Waals surface area contributed by atoms with E-state index in [1.54, 1.807) is 0 Å². The molecule has 5 heteroatoms. The largest absolute Gasteiger partial charge is 0.319 e. The van der Waals surface area contributed by atoms with Crippen LogP contribution in [0.3, 0.4) is 0 Å². The van der Waals surface area contributed by atoms with Crippen LogP contribution < -0.4 is 5.30 Å². The monoisotopic (exact) mass is 797 g/mol. The Balaban J connectivity index is 1.01. The molecule has 294 valence electrons. The highest BCUT2D eigenvalue weighted by molar-refractivity contribution is 7.70. The maximum atomic E-state index is 12.7. The fourth-order valence-corrected chi connectivity index (χ4v) is 12.4. The highest BCUT2D eigenvalue weighted by atomic mass is 31.2.